The topological polar surface area (TPSA) is 37.4 Å². The number of hydrogen-bond acceptors (Lipinski definition) is 5. The van der Waals surface area contributed by atoms with E-state index in [1.54, 1.807) is 0 Å². The van der Waals surface area contributed by atoms with Crippen LogP contribution in [0, 0.1) is 0 Å². The largest absolute Gasteiger partial charge is 0.381 e. The molecule has 2 rings (SSSR count). The summed E-state index contributed by atoms with van der Waals surface area (Å²) < 4.78 is 5.46. The fourth-order valence-electron chi connectivity index (χ4n) is 2.60. The van der Waals surface area contributed by atoms with Crippen molar-refractivity contribution in [2.75, 3.05) is 25.2 Å². The van der Waals surface area contributed by atoms with Crippen molar-refractivity contribution < 1.29 is 4.74 Å². The van der Waals surface area contributed by atoms with Gasteiger partial charge in [0, 0.05) is 43.8 Å². The maximum Gasteiger partial charge on any atom is 0.185 e. The molecule has 1 aliphatic rings. The molecule has 0 saturated carbocycles. The highest BCUT2D eigenvalue weighted by atomic mass is 32.1. The van der Waals surface area contributed by atoms with Crippen LogP contribution in [-0.2, 0) is 11.3 Å². The lowest BCUT2D eigenvalue weighted by Crippen LogP contribution is -2.36. The van der Waals surface area contributed by atoms with Crippen LogP contribution < -0.4 is 10.2 Å². The Morgan fingerprint density at radius 2 is 1.95 bits per heavy atom. The Hall–Kier alpha value is -0.650. The molecule has 0 amide bonds. The van der Waals surface area contributed by atoms with Crippen LogP contribution in [0.15, 0.2) is 0 Å². The monoisotopic (exact) mass is 311 g/mol. The van der Waals surface area contributed by atoms with Crippen LogP contribution >= 0.6 is 11.3 Å². The smallest absolute Gasteiger partial charge is 0.185 e. The van der Waals surface area contributed by atoms with Crippen molar-refractivity contribution >= 4 is 16.5 Å². The predicted octanol–water partition coefficient (Wildman–Crippen LogP) is 3.38. The van der Waals surface area contributed by atoms with Crippen molar-refractivity contribution in [3.8, 4) is 0 Å². The molecule has 0 aliphatic carbocycles. The normalized spacial score (nSPS) is 16.9. The predicted molar refractivity (Wildman–Crippen MR) is 90.4 cm³/mol. The first-order valence-corrected chi connectivity index (χ1v) is 8.84. The van der Waals surface area contributed by atoms with E-state index in [4.69, 9.17) is 9.72 Å². The number of ether oxygens (including phenoxy) is 1. The van der Waals surface area contributed by atoms with Crippen LogP contribution in [0.2, 0.25) is 0 Å². The summed E-state index contributed by atoms with van der Waals surface area (Å²) in [4.78, 5) is 8.67. The zero-order chi connectivity index (χ0) is 15.4. The average molecular weight is 311 g/mol. The molecule has 0 spiro atoms. The van der Waals surface area contributed by atoms with E-state index in [1.807, 2.05) is 11.3 Å². The van der Waals surface area contributed by atoms with Crippen molar-refractivity contribution in [1.82, 2.24) is 10.3 Å². The summed E-state index contributed by atoms with van der Waals surface area (Å²) in [6.45, 7) is 11.5. The van der Waals surface area contributed by atoms with Crippen molar-refractivity contribution in [3.63, 3.8) is 0 Å². The lowest BCUT2D eigenvalue weighted by molar-refractivity contribution is 0.0855. The number of nitrogens with zero attached hydrogens (tertiary/aromatic N) is 2. The molecule has 0 unspecified atom stereocenters. The van der Waals surface area contributed by atoms with E-state index in [-0.39, 0.29) is 0 Å². The van der Waals surface area contributed by atoms with Crippen molar-refractivity contribution in [1.29, 1.82) is 0 Å². The van der Waals surface area contributed by atoms with Gasteiger partial charge in [0.2, 0.25) is 0 Å². The molecule has 4 nitrogen and oxygen atoms in total. The van der Waals surface area contributed by atoms with Gasteiger partial charge < -0.3 is 15.0 Å². The molecule has 1 fully saturated rings. The third kappa shape index (κ3) is 4.41. The molecule has 5 heteroatoms. The van der Waals surface area contributed by atoms with Gasteiger partial charge in [-0.2, -0.15) is 0 Å². The van der Waals surface area contributed by atoms with Crippen LogP contribution in [0.4, 0.5) is 5.13 Å². The molecular weight excluding hydrogens is 282 g/mol. The Kier molecular flexibility index (Phi) is 6.02. The van der Waals surface area contributed by atoms with E-state index in [0.717, 1.165) is 37.7 Å². The Morgan fingerprint density at radius 1 is 1.29 bits per heavy atom. The molecule has 0 radical (unpaired) electrons. The van der Waals surface area contributed by atoms with Gasteiger partial charge in [0.05, 0.1) is 5.69 Å². The van der Waals surface area contributed by atoms with E-state index < -0.39 is 0 Å². The molecule has 1 aromatic heterocycles. The molecular formula is C16H29N3OS. The van der Waals surface area contributed by atoms with Crippen LogP contribution in [-0.4, -0.2) is 37.3 Å². The van der Waals surface area contributed by atoms with Crippen LogP contribution in [0.1, 0.15) is 57.0 Å². The average Bonchev–Trinajstić information content (AvgIpc) is 2.89. The summed E-state index contributed by atoms with van der Waals surface area (Å²) in [6.07, 6.45) is 2.21. The molecule has 0 aromatic carbocycles. The summed E-state index contributed by atoms with van der Waals surface area (Å²) >= 11 is 1.84. The Balaban J connectivity index is 2.13. The summed E-state index contributed by atoms with van der Waals surface area (Å²) in [5, 5.41) is 4.68. The number of rotatable bonds is 6. The quantitative estimate of drug-likeness (QED) is 0.874. The van der Waals surface area contributed by atoms with E-state index in [9.17, 15) is 0 Å². The zero-order valence-electron chi connectivity index (χ0n) is 14.0. The van der Waals surface area contributed by atoms with Crippen LogP contribution in [0.3, 0.4) is 0 Å². The van der Waals surface area contributed by atoms with Crippen molar-refractivity contribution in [3.05, 3.63) is 10.6 Å². The highest BCUT2D eigenvalue weighted by Crippen LogP contribution is 2.32. The molecule has 21 heavy (non-hydrogen) atoms. The molecule has 0 atom stereocenters. The van der Waals surface area contributed by atoms with Crippen molar-refractivity contribution in [2.45, 2.75) is 65.1 Å². The van der Waals surface area contributed by atoms with Gasteiger partial charge in [-0.1, -0.05) is 27.7 Å². The van der Waals surface area contributed by atoms with Gasteiger partial charge in [-0.25, -0.2) is 4.98 Å². The highest BCUT2D eigenvalue weighted by molar-refractivity contribution is 7.15. The minimum Gasteiger partial charge on any atom is -0.381 e. The number of hydrogen-bond donors (Lipinski definition) is 1. The lowest BCUT2D eigenvalue weighted by Gasteiger charge is -2.30. The second-order valence-corrected chi connectivity index (χ2v) is 7.51. The molecule has 120 valence electrons. The molecule has 1 N–H and O–H groups in total. The second kappa shape index (κ2) is 7.56. The molecule has 2 heterocycles. The fraction of sp³-hybridized carbons (Fsp3) is 0.812. The molecule has 1 aliphatic heterocycles. The zero-order valence-corrected chi connectivity index (χ0v) is 14.8. The minimum atomic E-state index is 0.474. The SMILES string of the molecule is CC(C)NCc1sc(N(C)C2CCOCC2)nc1C(C)C. The van der Waals surface area contributed by atoms with Crippen molar-refractivity contribution in [2.24, 2.45) is 0 Å². The van der Waals surface area contributed by atoms with Gasteiger partial charge in [0.1, 0.15) is 0 Å². The Labute approximate surface area is 132 Å². The van der Waals surface area contributed by atoms with Crippen LogP contribution in [0.25, 0.3) is 0 Å². The maximum absolute atomic E-state index is 5.46. The number of anilines is 1. The van der Waals surface area contributed by atoms with Gasteiger partial charge in [-0.3, -0.25) is 0 Å². The third-order valence-corrected chi connectivity index (χ3v) is 5.14. The Bertz CT molecular complexity index is 439. The van der Waals surface area contributed by atoms with Crippen LogP contribution in [0.5, 0.6) is 0 Å². The van der Waals surface area contributed by atoms with E-state index >= 15 is 0 Å². The minimum absolute atomic E-state index is 0.474. The fourth-order valence-corrected chi connectivity index (χ4v) is 3.80. The maximum atomic E-state index is 5.46. The number of nitrogens with one attached hydrogen (secondary N) is 1. The standard InChI is InChI=1S/C16H29N3OS/c1-11(2)15-14(10-17-12(3)4)21-16(18-15)19(5)13-6-8-20-9-7-13/h11-13,17H,6-10H2,1-5H3. The first-order valence-electron chi connectivity index (χ1n) is 8.02. The van der Waals surface area contributed by atoms with Gasteiger partial charge in [-0.05, 0) is 18.8 Å². The molecule has 0 bridgehead atoms. The van der Waals surface area contributed by atoms with E-state index in [2.05, 4.69) is 45.0 Å². The summed E-state index contributed by atoms with van der Waals surface area (Å²) in [5.41, 5.74) is 1.25. The molecule has 1 aromatic rings. The van der Waals surface area contributed by atoms with E-state index in [1.165, 1.54) is 10.6 Å². The second-order valence-electron chi connectivity index (χ2n) is 6.45. The number of thiazole rings is 1. The van der Waals surface area contributed by atoms with Gasteiger partial charge >= 0.3 is 0 Å². The summed E-state index contributed by atoms with van der Waals surface area (Å²) in [5.74, 6) is 0.474. The molecule has 1 saturated heterocycles. The lowest BCUT2D eigenvalue weighted by atomic mass is 10.1. The number of aromatic nitrogens is 1. The summed E-state index contributed by atoms with van der Waals surface area (Å²) in [7, 11) is 2.18. The van der Waals surface area contributed by atoms with Gasteiger partial charge in [0.25, 0.3) is 0 Å². The van der Waals surface area contributed by atoms with Gasteiger partial charge in [0.15, 0.2) is 5.13 Å². The first kappa shape index (κ1) is 16.7. The highest BCUT2D eigenvalue weighted by Gasteiger charge is 2.23. The third-order valence-electron chi connectivity index (χ3n) is 3.97. The first-order chi connectivity index (χ1) is 9.99. The van der Waals surface area contributed by atoms with E-state index in [0.29, 0.717) is 18.0 Å². The summed E-state index contributed by atoms with van der Waals surface area (Å²) in [6, 6.07) is 1.07. The Morgan fingerprint density at radius 3 is 2.52 bits per heavy atom. The van der Waals surface area contributed by atoms with Gasteiger partial charge in [-0.15, -0.1) is 11.3 Å².